The third-order valence-electron chi connectivity index (χ3n) is 3.04. The summed E-state index contributed by atoms with van der Waals surface area (Å²) in [4.78, 5) is 9.54. The van der Waals surface area contributed by atoms with Gasteiger partial charge in [0.1, 0.15) is 5.82 Å². The summed E-state index contributed by atoms with van der Waals surface area (Å²) in [7, 11) is 0. The monoisotopic (exact) mass is 242 g/mol. The Labute approximate surface area is 96.8 Å². The Hall–Kier alpha value is -1.56. The van der Waals surface area contributed by atoms with Crippen LogP contribution in [-0.4, -0.2) is 18.0 Å². The summed E-state index contributed by atoms with van der Waals surface area (Å²) in [5, 5.41) is 13.6. The third kappa shape index (κ3) is 2.41. The van der Waals surface area contributed by atoms with Gasteiger partial charge in [-0.3, -0.25) is 10.1 Å². The van der Waals surface area contributed by atoms with Gasteiger partial charge in [0.05, 0.1) is 11.0 Å². The van der Waals surface area contributed by atoms with Crippen LogP contribution in [0.2, 0.25) is 0 Å². The summed E-state index contributed by atoms with van der Waals surface area (Å²) in [5.41, 5.74) is -0.560. The molecule has 0 aliphatic carbocycles. The Bertz CT molecular complexity index is 445. The van der Waals surface area contributed by atoms with Gasteiger partial charge in [0, 0.05) is 0 Å². The van der Waals surface area contributed by atoms with E-state index in [9.17, 15) is 18.9 Å². The van der Waals surface area contributed by atoms with E-state index in [1.165, 1.54) is 0 Å². The lowest BCUT2D eigenvalue weighted by molar-refractivity contribution is -0.387. The van der Waals surface area contributed by atoms with E-state index >= 15 is 0 Å². The van der Waals surface area contributed by atoms with Gasteiger partial charge in [0.2, 0.25) is 5.82 Å². The predicted molar refractivity (Wildman–Crippen MR) is 57.9 cm³/mol. The van der Waals surface area contributed by atoms with E-state index < -0.39 is 22.2 Å². The predicted octanol–water partition coefficient (Wildman–Crippen LogP) is 2.34. The Kier molecular flexibility index (Phi) is 3.33. The van der Waals surface area contributed by atoms with Gasteiger partial charge in [-0.1, -0.05) is 0 Å². The first-order chi connectivity index (χ1) is 8.09. The summed E-state index contributed by atoms with van der Waals surface area (Å²) >= 11 is 0. The maximum absolute atomic E-state index is 13.7. The Morgan fingerprint density at radius 2 is 1.88 bits per heavy atom. The van der Waals surface area contributed by atoms with E-state index in [2.05, 4.69) is 5.32 Å². The van der Waals surface area contributed by atoms with Crippen molar-refractivity contribution in [3.63, 3.8) is 0 Å². The highest BCUT2D eigenvalue weighted by molar-refractivity contribution is 5.37. The van der Waals surface area contributed by atoms with Crippen molar-refractivity contribution >= 4 is 5.69 Å². The van der Waals surface area contributed by atoms with Gasteiger partial charge in [-0.2, -0.15) is 4.39 Å². The van der Waals surface area contributed by atoms with Crippen LogP contribution >= 0.6 is 0 Å². The van der Waals surface area contributed by atoms with Crippen molar-refractivity contribution in [3.8, 4) is 0 Å². The molecular formula is C11H12F2N2O2. The average Bonchev–Trinajstić information content (AvgIpc) is 2.32. The number of nitrogens with zero attached hydrogens (tertiary/aromatic N) is 1. The topological polar surface area (TPSA) is 55.2 Å². The van der Waals surface area contributed by atoms with Crippen LogP contribution in [0, 0.1) is 21.7 Å². The molecule has 0 saturated carbocycles. The summed E-state index contributed by atoms with van der Waals surface area (Å²) in [6.07, 6.45) is 1.43. The highest BCUT2D eigenvalue weighted by Gasteiger charge is 2.24. The molecule has 4 nitrogen and oxygen atoms in total. The van der Waals surface area contributed by atoms with Crippen LogP contribution in [0.4, 0.5) is 14.5 Å². The molecule has 0 radical (unpaired) electrons. The second-order valence-electron chi connectivity index (χ2n) is 4.11. The quantitative estimate of drug-likeness (QED) is 0.639. The van der Waals surface area contributed by atoms with E-state index in [1.807, 2.05) is 0 Å². The number of rotatable bonds is 2. The number of hydrogen-bond acceptors (Lipinski definition) is 3. The molecule has 92 valence electrons. The molecule has 0 amide bonds. The highest BCUT2D eigenvalue weighted by Crippen LogP contribution is 2.31. The SMILES string of the molecule is O=[N+]([O-])c1cc(F)c(C2CCNCC2)cc1F. The van der Waals surface area contributed by atoms with Gasteiger partial charge in [0.25, 0.3) is 0 Å². The smallest absolute Gasteiger partial charge is 0.307 e. The Morgan fingerprint density at radius 3 is 2.47 bits per heavy atom. The molecule has 1 fully saturated rings. The molecule has 0 atom stereocenters. The molecule has 1 aliphatic heterocycles. The molecule has 1 saturated heterocycles. The van der Waals surface area contributed by atoms with Crippen molar-refractivity contribution in [3.05, 3.63) is 39.4 Å². The zero-order valence-electron chi connectivity index (χ0n) is 9.08. The molecule has 1 aromatic rings. The lowest BCUT2D eigenvalue weighted by Gasteiger charge is -2.23. The second kappa shape index (κ2) is 4.75. The normalized spacial score (nSPS) is 17.1. The number of nitrogens with one attached hydrogen (secondary N) is 1. The molecule has 6 heteroatoms. The van der Waals surface area contributed by atoms with Gasteiger partial charge < -0.3 is 5.32 Å². The number of nitro benzene ring substituents is 1. The van der Waals surface area contributed by atoms with Crippen LogP contribution in [0.1, 0.15) is 24.3 Å². The molecule has 1 aromatic carbocycles. The molecule has 1 aliphatic rings. The van der Waals surface area contributed by atoms with Crippen molar-refractivity contribution in [2.45, 2.75) is 18.8 Å². The molecule has 0 aromatic heterocycles. The van der Waals surface area contributed by atoms with Crippen LogP contribution in [0.15, 0.2) is 12.1 Å². The standard InChI is InChI=1S/C11H12F2N2O2/c12-9-6-11(15(16)17)10(13)5-8(9)7-1-3-14-4-2-7/h5-7,14H,1-4H2. The van der Waals surface area contributed by atoms with Gasteiger partial charge in [-0.15, -0.1) is 0 Å². The molecular weight excluding hydrogens is 230 g/mol. The molecule has 1 N–H and O–H groups in total. The maximum atomic E-state index is 13.7. The molecule has 0 bridgehead atoms. The average molecular weight is 242 g/mol. The summed E-state index contributed by atoms with van der Waals surface area (Å²) < 4.78 is 27.1. The van der Waals surface area contributed by atoms with Gasteiger partial charge in [0.15, 0.2) is 0 Å². The van der Waals surface area contributed by atoms with Crippen LogP contribution in [0.5, 0.6) is 0 Å². The van der Waals surface area contributed by atoms with Crippen molar-refractivity contribution < 1.29 is 13.7 Å². The van der Waals surface area contributed by atoms with Crippen LogP contribution < -0.4 is 5.32 Å². The lowest BCUT2D eigenvalue weighted by Crippen LogP contribution is -2.27. The van der Waals surface area contributed by atoms with Crippen LogP contribution in [0.3, 0.4) is 0 Å². The number of piperidine rings is 1. The van der Waals surface area contributed by atoms with Crippen molar-refractivity contribution in [1.82, 2.24) is 5.32 Å². The van der Waals surface area contributed by atoms with Crippen molar-refractivity contribution in [2.75, 3.05) is 13.1 Å². The van der Waals surface area contributed by atoms with Crippen molar-refractivity contribution in [1.29, 1.82) is 0 Å². The van der Waals surface area contributed by atoms with E-state index in [1.54, 1.807) is 0 Å². The molecule has 2 rings (SSSR count). The first-order valence-electron chi connectivity index (χ1n) is 5.43. The summed E-state index contributed by atoms with van der Waals surface area (Å²) in [6.45, 7) is 1.51. The number of benzene rings is 1. The highest BCUT2D eigenvalue weighted by atomic mass is 19.1. The van der Waals surface area contributed by atoms with Gasteiger partial charge in [-0.05, 0) is 43.5 Å². The zero-order valence-corrected chi connectivity index (χ0v) is 9.08. The second-order valence-corrected chi connectivity index (χ2v) is 4.11. The van der Waals surface area contributed by atoms with Gasteiger partial charge in [-0.25, -0.2) is 4.39 Å². The largest absolute Gasteiger partial charge is 0.317 e. The minimum absolute atomic E-state index is 0.0634. The molecule has 0 spiro atoms. The van der Waals surface area contributed by atoms with E-state index in [4.69, 9.17) is 0 Å². The zero-order chi connectivity index (χ0) is 12.4. The fourth-order valence-corrected chi connectivity index (χ4v) is 2.14. The maximum Gasteiger partial charge on any atom is 0.307 e. The first-order valence-corrected chi connectivity index (χ1v) is 5.43. The number of halogens is 2. The third-order valence-corrected chi connectivity index (χ3v) is 3.04. The minimum Gasteiger partial charge on any atom is -0.317 e. The Balaban J connectivity index is 2.35. The number of nitro groups is 1. The summed E-state index contributed by atoms with van der Waals surface area (Å²) in [5.74, 6) is -1.72. The summed E-state index contributed by atoms with van der Waals surface area (Å²) in [6, 6.07) is 1.64. The van der Waals surface area contributed by atoms with Crippen LogP contribution in [0.25, 0.3) is 0 Å². The molecule has 1 heterocycles. The Morgan fingerprint density at radius 1 is 1.24 bits per heavy atom. The number of hydrogen-bond donors (Lipinski definition) is 1. The fraction of sp³-hybridized carbons (Fsp3) is 0.455. The first kappa shape index (κ1) is 11.9. The van der Waals surface area contributed by atoms with Gasteiger partial charge >= 0.3 is 5.69 Å². The van der Waals surface area contributed by atoms with Crippen LogP contribution in [-0.2, 0) is 0 Å². The molecule has 17 heavy (non-hydrogen) atoms. The lowest BCUT2D eigenvalue weighted by atomic mass is 9.89. The molecule has 0 unspecified atom stereocenters. The minimum atomic E-state index is -0.968. The van der Waals surface area contributed by atoms with E-state index in [0.717, 1.165) is 19.2 Å². The van der Waals surface area contributed by atoms with E-state index in [-0.39, 0.29) is 11.5 Å². The fourth-order valence-electron chi connectivity index (χ4n) is 2.14. The van der Waals surface area contributed by atoms with E-state index in [0.29, 0.717) is 18.9 Å². The van der Waals surface area contributed by atoms with Crippen molar-refractivity contribution in [2.24, 2.45) is 0 Å².